The number of carboxylic acid groups (broad SMARTS) is 1. The number of piperidine rings is 1. The summed E-state index contributed by atoms with van der Waals surface area (Å²) in [6.07, 6.45) is 6.35. The molecule has 2 amide bonds. The Morgan fingerprint density at radius 2 is 2.02 bits per heavy atom. The first-order chi connectivity index (χ1) is 19.1. The van der Waals surface area contributed by atoms with E-state index < -0.39 is 35.8 Å². The van der Waals surface area contributed by atoms with E-state index in [0.29, 0.717) is 18.3 Å². The lowest BCUT2D eigenvalue weighted by Crippen LogP contribution is -2.81. The van der Waals surface area contributed by atoms with Gasteiger partial charge in [0.05, 0.1) is 6.42 Å². The first-order valence-electron chi connectivity index (χ1n) is 14.7. The Bertz CT molecular complexity index is 1270. The van der Waals surface area contributed by atoms with Gasteiger partial charge in [-0.3, -0.25) is 19.3 Å². The summed E-state index contributed by atoms with van der Waals surface area (Å²) in [4.78, 5) is 38.9. The fourth-order valence-electron chi connectivity index (χ4n) is 9.77. The van der Waals surface area contributed by atoms with E-state index in [2.05, 4.69) is 21.6 Å². The minimum Gasteiger partial charge on any atom is -0.504 e. The molecule has 10 heteroatoms. The van der Waals surface area contributed by atoms with Crippen molar-refractivity contribution in [1.82, 2.24) is 15.5 Å². The Kier molecular flexibility index (Phi) is 5.75. The molecule has 10 nitrogen and oxygen atoms in total. The lowest BCUT2D eigenvalue weighted by molar-refractivity contribution is -0.276. The fourth-order valence-corrected chi connectivity index (χ4v) is 9.77. The third-order valence-electron chi connectivity index (χ3n) is 11.4. The SMILES string of the molecule is CO[C@]12CC[C@@]3(C[C@@H]1CNC(=O)C(CC(=O)O)NC(C)=O)C1Cc4ccc(O)c5c4[C@@]3(CCN1CC1CC1)[C@H]2O5. The van der Waals surface area contributed by atoms with Crippen LogP contribution in [0.2, 0.25) is 0 Å². The molecule has 216 valence electrons. The molecule has 7 aliphatic rings. The van der Waals surface area contributed by atoms with Gasteiger partial charge in [0.15, 0.2) is 11.5 Å². The number of carboxylic acids is 1. The predicted molar refractivity (Wildman–Crippen MR) is 143 cm³/mol. The van der Waals surface area contributed by atoms with Gasteiger partial charge >= 0.3 is 5.97 Å². The van der Waals surface area contributed by atoms with Gasteiger partial charge in [-0.25, -0.2) is 0 Å². The second-order valence-electron chi connectivity index (χ2n) is 13.1. The number of ether oxygens (including phenoxy) is 2. The molecule has 2 spiro atoms. The lowest BCUT2D eigenvalue weighted by atomic mass is 9.35. The summed E-state index contributed by atoms with van der Waals surface area (Å²) < 4.78 is 13.3. The molecule has 0 aromatic heterocycles. The number of amides is 2. The number of carbonyl (C=O) groups is 3. The number of benzene rings is 1. The number of aromatic hydroxyl groups is 1. The average molecular weight is 554 g/mol. The summed E-state index contributed by atoms with van der Waals surface area (Å²) in [6.45, 7) is 3.70. The summed E-state index contributed by atoms with van der Waals surface area (Å²) in [6, 6.07) is 3.06. The van der Waals surface area contributed by atoms with E-state index in [-0.39, 0.29) is 28.6 Å². The van der Waals surface area contributed by atoms with Crippen LogP contribution in [0.25, 0.3) is 0 Å². The van der Waals surface area contributed by atoms with Crippen molar-refractivity contribution in [3.63, 3.8) is 0 Å². The number of nitrogens with one attached hydrogen (secondary N) is 2. The molecule has 5 fully saturated rings. The number of hydrogen-bond donors (Lipinski definition) is 4. The number of phenolic OH excluding ortho intramolecular Hbond substituents is 1. The molecule has 1 aromatic rings. The minimum absolute atomic E-state index is 0.0717. The second kappa shape index (κ2) is 8.82. The number of aliphatic carboxylic acids is 1. The molecule has 0 radical (unpaired) electrons. The predicted octanol–water partition coefficient (Wildman–Crippen LogP) is 1.71. The van der Waals surface area contributed by atoms with Gasteiger partial charge in [0.1, 0.15) is 17.7 Å². The Balaban J connectivity index is 1.26. The Morgan fingerprint density at radius 1 is 1.23 bits per heavy atom. The van der Waals surface area contributed by atoms with Crippen LogP contribution >= 0.6 is 0 Å². The zero-order chi connectivity index (χ0) is 28.0. The van der Waals surface area contributed by atoms with Gasteiger partial charge in [-0.05, 0) is 69.0 Å². The molecule has 7 atom stereocenters. The Labute approximate surface area is 233 Å². The lowest BCUT2D eigenvalue weighted by Gasteiger charge is -2.74. The monoisotopic (exact) mass is 553 g/mol. The molecule has 1 aromatic carbocycles. The number of nitrogens with zero attached hydrogens (tertiary/aromatic N) is 1. The van der Waals surface area contributed by atoms with E-state index >= 15 is 0 Å². The van der Waals surface area contributed by atoms with E-state index in [0.717, 1.165) is 51.1 Å². The number of rotatable bonds is 9. The largest absolute Gasteiger partial charge is 0.504 e. The van der Waals surface area contributed by atoms with Crippen LogP contribution < -0.4 is 15.4 Å². The molecule has 1 saturated heterocycles. The minimum atomic E-state index is -1.15. The third-order valence-corrected chi connectivity index (χ3v) is 11.4. The van der Waals surface area contributed by atoms with E-state index in [9.17, 15) is 24.6 Å². The van der Waals surface area contributed by atoms with Crippen LogP contribution in [0.4, 0.5) is 0 Å². The summed E-state index contributed by atoms with van der Waals surface area (Å²) >= 11 is 0. The van der Waals surface area contributed by atoms with Crippen LogP contribution in [-0.2, 0) is 31.0 Å². The molecule has 2 aliphatic heterocycles. The van der Waals surface area contributed by atoms with Crippen LogP contribution in [0.3, 0.4) is 0 Å². The van der Waals surface area contributed by atoms with Gasteiger partial charge in [0.25, 0.3) is 0 Å². The Hall–Kier alpha value is -2.85. The Morgan fingerprint density at radius 3 is 2.73 bits per heavy atom. The maximum absolute atomic E-state index is 13.1. The van der Waals surface area contributed by atoms with Crippen LogP contribution in [0.15, 0.2) is 12.1 Å². The summed E-state index contributed by atoms with van der Waals surface area (Å²) in [5, 5.41) is 25.7. The third kappa shape index (κ3) is 3.38. The average Bonchev–Trinajstić information content (AvgIpc) is 3.66. The highest BCUT2D eigenvalue weighted by molar-refractivity contribution is 5.90. The van der Waals surface area contributed by atoms with Gasteiger partial charge < -0.3 is 30.3 Å². The molecule has 4 bridgehead atoms. The molecular weight excluding hydrogens is 514 g/mol. The van der Waals surface area contributed by atoms with E-state index in [1.165, 1.54) is 30.9 Å². The maximum Gasteiger partial charge on any atom is 0.305 e. The molecule has 40 heavy (non-hydrogen) atoms. The molecule has 8 rings (SSSR count). The fraction of sp³-hybridized carbons (Fsp3) is 0.700. The number of likely N-dealkylation sites (tertiary alicyclic amines) is 1. The van der Waals surface area contributed by atoms with Gasteiger partial charge in [0.2, 0.25) is 11.8 Å². The zero-order valence-corrected chi connectivity index (χ0v) is 23.2. The van der Waals surface area contributed by atoms with Crippen LogP contribution in [0, 0.1) is 17.3 Å². The van der Waals surface area contributed by atoms with Gasteiger partial charge in [-0.1, -0.05) is 6.07 Å². The summed E-state index contributed by atoms with van der Waals surface area (Å²) in [5.74, 6) is -0.618. The molecular formula is C30H39N3O7. The van der Waals surface area contributed by atoms with Crippen molar-refractivity contribution in [3.8, 4) is 11.5 Å². The summed E-state index contributed by atoms with van der Waals surface area (Å²) in [5.41, 5.74) is 1.47. The van der Waals surface area contributed by atoms with Gasteiger partial charge in [-0.15, -0.1) is 0 Å². The number of fused-ring (bicyclic) bond motifs is 2. The van der Waals surface area contributed by atoms with Crippen molar-refractivity contribution in [3.05, 3.63) is 23.3 Å². The van der Waals surface area contributed by atoms with Crippen LogP contribution in [-0.4, -0.2) is 83.4 Å². The molecule has 4 saturated carbocycles. The normalized spacial score (nSPS) is 37.3. The summed E-state index contributed by atoms with van der Waals surface area (Å²) in [7, 11) is 1.73. The van der Waals surface area contributed by atoms with Crippen molar-refractivity contribution < 1.29 is 34.1 Å². The first-order valence-corrected chi connectivity index (χ1v) is 14.7. The van der Waals surface area contributed by atoms with Gasteiger partial charge in [-0.2, -0.15) is 0 Å². The zero-order valence-electron chi connectivity index (χ0n) is 23.2. The number of methoxy groups -OCH3 is 1. The van der Waals surface area contributed by atoms with E-state index in [4.69, 9.17) is 9.47 Å². The van der Waals surface area contributed by atoms with Crippen LogP contribution in [0.5, 0.6) is 11.5 Å². The topological polar surface area (TPSA) is 137 Å². The smallest absolute Gasteiger partial charge is 0.305 e. The highest BCUT2D eigenvalue weighted by Crippen LogP contribution is 2.76. The van der Waals surface area contributed by atoms with Crippen molar-refractivity contribution in [1.29, 1.82) is 0 Å². The van der Waals surface area contributed by atoms with E-state index in [1.54, 1.807) is 13.2 Å². The molecule has 5 aliphatic carbocycles. The first kappa shape index (κ1) is 26.1. The molecule has 2 heterocycles. The van der Waals surface area contributed by atoms with Crippen molar-refractivity contribution in [2.24, 2.45) is 17.3 Å². The molecule has 4 N–H and O–H groups in total. The van der Waals surface area contributed by atoms with Crippen LogP contribution in [0.1, 0.15) is 63.0 Å². The molecule has 2 unspecified atom stereocenters. The van der Waals surface area contributed by atoms with Gasteiger partial charge in [0, 0.05) is 55.5 Å². The highest BCUT2D eigenvalue weighted by Gasteiger charge is 2.80. The highest BCUT2D eigenvalue weighted by atomic mass is 16.6. The van der Waals surface area contributed by atoms with Crippen molar-refractivity contribution >= 4 is 17.8 Å². The standard InChI is InChI=1S/C30H39N3O7/c1-16(34)32-20(12-23(36)37)26(38)31-14-19-13-28-7-8-30(19,39-2)27-29(28)9-10-33(15-17-3-4-17)22(28)11-18-5-6-21(35)25(40-27)24(18)29/h5-6,17,19-20,22,27,35H,3-4,7-15H2,1-2H3,(H,31,38)(H,32,34)(H,36,37)/t19-,20?,22?,27-,28-,29+,30-/m1/s1. The second-order valence-corrected chi connectivity index (χ2v) is 13.1. The van der Waals surface area contributed by atoms with Crippen molar-refractivity contribution in [2.75, 3.05) is 26.7 Å². The number of carbonyl (C=O) groups excluding carboxylic acids is 2. The quantitative estimate of drug-likeness (QED) is 0.363. The number of hydrogen-bond acceptors (Lipinski definition) is 7. The van der Waals surface area contributed by atoms with E-state index in [1.807, 2.05) is 0 Å². The maximum atomic E-state index is 13.1. The van der Waals surface area contributed by atoms with Crippen molar-refractivity contribution in [2.45, 2.75) is 87.5 Å². The number of phenols is 1.